The topological polar surface area (TPSA) is 34.1 Å². The second-order valence-corrected chi connectivity index (χ2v) is 5.27. The highest BCUT2D eigenvalue weighted by Gasteiger charge is 2.33. The third-order valence-electron chi connectivity index (χ3n) is 2.64. The quantitative estimate of drug-likeness (QED) is 0.844. The molecule has 3 nitrogen and oxygen atoms in total. The predicted molar refractivity (Wildman–Crippen MR) is 71.6 cm³/mol. The summed E-state index contributed by atoms with van der Waals surface area (Å²) in [7, 11) is 1.46. The molecule has 2 rings (SSSR count). The summed E-state index contributed by atoms with van der Waals surface area (Å²) in [6, 6.07) is 4.46. The van der Waals surface area contributed by atoms with Gasteiger partial charge in [-0.05, 0) is 17.7 Å². The molecule has 8 heteroatoms. The molecule has 0 unspecified atom stereocenters. The molecule has 0 amide bonds. The summed E-state index contributed by atoms with van der Waals surface area (Å²) in [5.74, 6) is -0.380. The van der Waals surface area contributed by atoms with E-state index in [1.54, 1.807) is 12.1 Å². The normalized spacial score (nSPS) is 11.7. The molecule has 0 aliphatic heterocycles. The number of nitrogens with zero attached hydrogens (tertiary/aromatic N) is 1. The second-order valence-electron chi connectivity index (χ2n) is 4.24. The molecular formula is C13H12F4N2OS. The van der Waals surface area contributed by atoms with Gasteiger partial charge in [0.15, 0.2) is 5.13 Å². The van der Waals surface area contributed by atoms with Crippen molar-refractivity contribution >= 4 is 16.5 Å². The predicted octanol–water partition coefficient (Wildman–Crippen LogP) is 4.06. The molecule has 0 spiro atoms. The third-order valence-corrected chi connectivity index (χ3v) is 3.64. The van der Waals surface area contributed by atoms with Gasteiger partial charge in [0.1, 0.15) is 10.7 Å². The number of ether oxygens (including phenoxy) is 1. The van der Waals surface area contributed by atoms with E-state index >= 15 is 0 Å². The summed E-state index contributed by atoms with van der Waals surface area (Å²) >= 11 is 0.531. The molecule has 0 saturated heterocycles. The van der Waals surface area contributed by atoms with Crippen LogP contribution in [-0.2, 0) is 24.1 Å². The standard InChI is InChI=1S/C13H12F4N2OS/c1-20-7-9-4-8(2-3-10(9)14)5-18-12-19-6-11(21-12)13(15,16)17/h2-4,6H,5,7H2,1H3,(H,18,19). The van der Waals surface area contributed by atoms with Gasteiger partial charge in [-0.1, -0.05) is 17.4 Å². The molecule has 114 valence electrons. The van der Waals surface area contributed by atoms with Crippen molar-refractivity contribution in [3.8, 4) is 0 Å². The Morgan fingerprint density at radius 3 is 2.71 bits per heavy atom. The molecule has 0 fully saturated rings. The molecule has 0 saturated carbocycles. The van der Waals surface area contributed by atoms with Gasteiger partial charge in [-0.2, -0.15) is 13.2 Å². The van der Waals surface area contributed by atoms with Gasteiger partial charge in [-0.25, -0.2) is 9.37 Å². The van der Waals surface area contributed by atoms with Gasteiger partial charge >= 0.3 is 6.18 Å². The lowest BCUT2D eigenvalue weighted by Crippen LogP contribution is -2.02. The summed E-state index contributed by atoms with van der Waals surface area (Å²) in [5.41, 5.74) is 1.12. The van der Waals surface area contributed by atoms with Crippen LogP contribution in [0.2, 0.25) is 0 Å². The van der Waals surface area contributed by atoms with Gasteiger partial charge in [0.25, 0.3) is 0 Å². The van der Waals surface area contributed by atoms with Gasteiger partial charge < -0.3 is 10.1 Å². The Labute approximate surface area is 122 Å². The van der Waals surface area contributed by atoms with Crippen molar-refractivity contribution in [2.75, 3.05) is 12.4 Å². The first-order valence-corrected chi connectivity index (χ1v) is 6.75. The van der Waals surface area contributed by atoms with Crippen LogP contribution >= 0.6 is 11.3 Å². The first-order chi connectivity index (χ1) is 9.90. The molecule has 1 heterocycles. The number of anilines is 1. The van der Waals surface area contributed by atoms with E-state index in [1.807, 2.05) is 0 Å². The van der Waals surface area contributed by atoms with E-state index in [1.165, 1.54) is 13.2 Å². The highest BCUT2D eigenvalue weighted by atomic mass is 32.1. The van der Waals surface area contributed by atoms with E-state index in [2.05, 4.69) is 10.3 Å². The molecule has 0 atom stereocenters. The first-order valence-electron chi connectivity index (χ1n) is 5.93. The number of nitrogens with one attached hydrogen (secondary N) is 1. The van der Waals surface area contributed by atoms with Crippen molar-refractivity contribution in [3.05, 3.63) is 46.2 Å². The maximum atomic E-state index is 13.4. The molecule has 2 aromatic rings. The molecule has 0 bridgehead atoms. The van der Waals surface area contributed by atoms with Crippen LogP contribution in [0.3, 0.4) is 0 Å². The maximum Gasteiger partial charge on any atom is 0.427 e. The van der Waals surface area contributed by atoms with Crippen LogP contribution in [0.1, 0.15) is 16.0 Å². The zero-order valence-electron chi connectivity index (χ0n) is 11.0. The minimum absolute atomic E-state index is 0.134. The maximum absolute atomic E-state index is 13.4. The van der Waals surface area contributed by atoms with Crippen LogP contribution in [0.5, 0.6) is 0 Å². The molecule has 0 radical (unpaired) electrons. The smallest absolute Gasteiger partial charge is 0.380 e. The third kappa shape index (κ3) is 4.15. The lowest BCUT2D eigenvalue weighted by Gasteiger charge is -2.07. The van der Waals surface area contributed by atoms with Crippen molar-refractivity contribution in [2.24, 2.45) is 0 Å². The van der Waals surface area contributed by atoms with E-state index < -0.39 is 11.1 Å². The number of hydrogen-bond donors (Lipinski definition) is 1. The summed E-state index contributed by atoms with van der Waals surface area (Å²) in [6.07, 6.45) is -3.60. The lowest BCUT2D eigenvalue weighted by atomic mass is 10.1. The van der Waals surface area contributed by atoms with Crippen molar-refractivity contribution < 1.29 is 22.3 Å². The zero-order valence-corrected chi connectivity index (χ0v) is 11.8. The second kappa shape index (κ2) is 6.40. The number of alkyl halides is 3. The summed E-state index contributed by atoms with van der Waals surface area (Å²) in [6.45, 7) is 0.386. The van der Waals surface area contributed by atoms with Gasteiger partial charge in [0, 0.05) is 19.2 Å². The Morgan fingerprint density at radius 2 is 2.10 bits per heavy atom. The van der Waals surface area contributed by atoms with Gasteiger partial charge in [-0.15, -0.1) is 0 Å². The zero-order chi connectivity index (χ0) is 15.5. The number of rotatable bonds is 5. The Morgan fingerprint density at radius 1 is 1.33 bits per heavy atom. The summed E-state index contributed by atoms with van der Waals surface area (Å²) < 4.78 is 55.6. The van der Waals surface area contributed by atoms with Gasteiger partial charge in [-0.3, -0.25) is 0 Å². The number of methoxy groups -OCH3 is 1. The fourth-order valence-electron chi connectivity index (χ4n) is 1.67. The Bertz CT molecular complexity index is 612. The molecule has 0 aliphatic rings. The molecule has 21 heavy (non-hydrogen) atoms. The van der Waals surface area contributed by atoms with Gasteiger partial charge in [0.05, 0.1) is 12.8 Å². The van der Waals surface area contributed by atoms with Crippen molar-refractivity contribution in [2.45, 2.75) is 19.3 Å². The SMILES string of the molecule is COCc1cc(CNc2ncc(C(F)(F)F)s2)ccc1F. The number of thiazole rings is 1. The number of hydrogen-bond acceptors (Lipinski definition) is 4. The fraction of sp³-hybridized carbons (Fsp3) is 0.308. The number of aromatic nitrogens is 1. The first kappa shape index (κ1) is 15.7. The van der Waals surface area contributed by atoms with Crippen molar-refractivity contribution in [1.82, 2.24) is 4.98 Å². The van der Waals surface area contributed by atoms with Gasteiger partial charge in [0.2, 0.25) is 0 Å². The van der Waals surface area contributed by atoms with Crippen LogP contribution in [0.15, 0.2) is 24.4 Å². The average Bonchev–Trinajstić information content (AvgIpc) is 2.89. The van der Waals surface area contributed by atoms with E-state index in [9.17, 15) is 17.6 Å². The molecule has 0 aliphatic carbocycles. The Balaban J connectivity index is 2.03. The minimum Gasteiger partial charge on any atom is -0.380 e. The fourth-order valence-corrected chi connectivity index (χ4v) is 2.35. The molecule has 1 aromatic heterocycles. The summed E-state index contributed by atoms with van der Waals surface area (Å²) in [4.78, 5) is 2.90. The Hall–Kier alpha value is -1.67. The monoisotopic (exact) mass is 320 g/mol. The Kier molecular flexibility index (Phi) is 4.79. The molecular weight excluding hydrogens is 308 g/mol. The highest BCUT2D eigenvalue weighted by molar-refractivity contribution is 7.15. The largest absolute Gasteiger partial charge is 0.427 e. The molecule has 1 aromatic carbocycles. The minimum atomic E-state index is -4.39. The van der Waals surface area contributed by atoms with Crippen molar-refractivity contribution in [3.63, 3.8) is 0 Å². The molecule has 1 N–H and O–H groups in total. The van der Waals surface area contributed by atoms with Crippen LogP contribution in [0.25, 0.3) is 0 Å². The van der Waals surface area contributed by atoms with Crippen LogP contribution in [0, 0.1) is 5.82 Å². The van der Waals surface area contributed by atoms with E-state index in [4.69, 9.17) is 4.74 Å². The number of halogens is 4. The lowest BCUT2D eigenvalue weighted by molar-refractivity contribution is -0.134. The summed E-state index contributed by atoms with van der Waals surface area (Å²) in [5, 5.41) is 2.95. The van der Waals surface area contributed by atoms with E-state index in [0.29, 0.717) is 16.9 Å². The van der Waals surface area contributed by atoms with Crippen LogP contribution in [0.4, 0.5) is 22.7 Å². The number of benzene rings is 1. The van der Waals surface area contributed by atoms with E-state index in [0.717, 1.165) is 11.8 Å². The van der Waals surface area contributed by atoms with E-state index in [-0.39, 0.29) is 24.1 Å². The highest BCUT2D eigenvalue weighted by Crippen LogP contribution is 2.35. The van der Waals surface area contributed by atoms with Crippen molar-refractivity contribution in [1.29, 1.82) is 0 Å². The average molecular weight is 320 g/mol. The van der Waals surface area contributed by atoms with Crippen LogP contribution < -0.4 is 5.32 Å². The van der Waals surface area contributed by atoms with Crippen LogP contribution in [-0.4, -0.2) is 12.1 Å².